The van der Waals surface area contributed by atoms with Crippen LogP contribution in [-0.2, 0) is 5.75 Å². The van der Waals surface area contributed by atoms with Crippen LogP contribution in [0.1, 0.15) is 5.56 Å². The van der Waals surface area contributed by atoms with Crippen LogP contribution in [0.5, 0.6) is 11.5 Å². The molecular formula is C25H20ClN3O3S. The van der Waals surface area contributed by atoms with Crippen LogP contribution < -0.4 is 15.0 Å². The van der Waals surface area contributed by atoms with E-state index in [1.54, 1.807) is 30.9 Å². The van der Waals surface area contributed by atoms with Gasteiger partial charge in [0.25, 0.3) is 5.56 Å². The lowest BCUT2D eigenvalue weighted by atomic mass is 10.2. The Kier molecular flexibility index (Phi) is 5.74. The smallest absolute Gasteiger partial charge is 0.283 e. The molecule has 0 saturated heterocycles. The van der Waals surface area contributed by atoms with Crippen molar-refractivity contribution < 1.29 is 9.47 Å². The Hall–Kier alpha value is -3.42. The summed E-state index contributed by atoms with van der Waals surface area (Å²) in [6.07, 6.45) is 0. The van der Waals surface area contributed by atoms with Crippen LogP contribution in [0.3, 0.4) is 0 Å². The summed E-state index contributed by atoms with van der Waals surface area (Å²) in [6, 6.07) is 20.8. The van der Waals surface area contributed by atoms with Crippen molar-refractivity contribution in [2.45, 2.75) is 10.9 Å². The molecule has 0 fully saturated rings. The number of aromatic nitrogens is 3. The third-order valence-corrected chi connectivity index (χ3v) is 6.79. The molecule has 3 aromatic carbocycles. The number of thioether (sulfide) groups is 1. The molecule has 0 amide bonds. The van der Waals surface area contributed by atoms with Gasteiger partial charge in [-0.2, -0.15) is 0 Å². The van der Waals surface area contributed by atoms with Gasteiger partial charge >= 0.3 is 0 Å². The third-order valence-electron chi connectivity index (χ3n) is 5.43. The first-order chi connectivity index (χ1) is 16.1. The number of ether oxygens (including phenoxy) is 2. The molecule has 5 aromatic rings. The summed E-state index contributed by atoms with van der Waals surface area (Å²) in [4.78, 5) is 21.9. The average Bonchev–Trinajstić information content (AvgIpc) is 3.22. The molecule has 0 aliphatic heterocycles. The number of para-hydroxylation sites is 1. The largest absolute Gasteiger partial charge is 0.493 e. The number of hydrogen-bond donors (Lipinski definition) is 1. The van der Waals surface area contributed by atoms with E-state index in [1.165, 1.54) is 11.8 Å². The lowest BCUT2D eigenvalue weighted by Gasteiger charge is -2.15. The third kappa shape index (κ3) is 3.83. The van der Waals surface area contributed by atoms with Crippen LogP contribution in [0, 0.1) is 0 Å². The van der Waals surface area contributed by atoms with Gasteiger partial charge in [0.1, 0.15) is 11.0 Å². The Bertz CT molecular complexity index is 1540. The van der Waals surface area contributed by atoms with Gasteiger partial charge in [-0.3, -0.25) is 9.36 Å². The second-order valence-electron chi connectivity index (χ2n) is 7.35. The van der Waals surface area contributed by atoms with Crippen LogP contribution in [-0.4, -0.2) is 28.8 Å². The van der Waals surface area contributed by atoms with Gasteiger partial charge in [0, 0.05) is 27.7 Å². The van der Waals surface area contributed by atoms with E-state index < -0.39 is 0 Å². The van der Waals surface area contributed by atoms with Crippen molar-refractivity contribution in [1.82, 2.24) is 14.5 Å². The summed E-state index contributed by atoms with van der Waals surface area (Å²) in [5.41, 5.74) is 3.38. The molecule has 1 N–H and O–H groups in total. The number of fused-ring (bicyclic) bond motifs is 3. The van der Waals surface area contributed by atoms with Gasteiger partial charge in [-0.1, -0.05) is 59.8 Å². The summed E-state index contributed by atoms with van der Waals surface area (Å²) >= 11 is 7.82. The van der Waals surface area contributed by atoms with E-state index in [1.807, 2.05) is 54.6 Å². The topological polar surface area (TPSA) is 69.1 Å². The molecule has 0 bridgehead atoms. The highest BCUT2D eigenvalue weighted by Crippen LogP contribution is 2.33. The second-order valence-corrected chi connectivity index (χ2v) is 8.70. The zero-order valence-corrected chi connectivity index (χ0v) is 19.5. The first-order valence-corrected chi connectivity index (χ1v) is 11.6. The number of benzene rings is 3. The minimum absolute atomic E-state index is 0.190. The highest BCUT2D eigenvalue weighted by atomic mass is 35.5. The van der Waals surface area contributed by atoms with Crippen LogP contribution in [0.15, 0.2) is 76.7 Å². The zero-order chi connectivity index (χ0) is 22.9. The molecule has 2 heterocycles. The second kappa shape index (κ2) is 8.84. The zero-order valence-electron chi connectivity index (χ0n) is 18.0. The number of nitrogens with one attached hydrogen (secondary N) is 1. The van der Waals surface area contributed by atoms with Crippen LogP contribution in [0.25, 0.3) is 27.6 Å². The number of halogens is 1. The molecule has 33 heavy (non-hydrogen) atoms. The maximum absolute atomic E-state index is 13.7. The average molecular weight is 478 g/mol. The Morgan fingerprint density at radius 1 is 1.00 bits per heavy atom. The number of rotatable bonds is 6. The standard InChI is InChI=1S/C25H20ClN3O3S/c1-31-20-12-11-16(13-21(20)32-2)29-24(30)23-22(17-8-4-6-10-19(17)27-23)28-25(29)33-14-15-7-3-5-9-18(15)26/h3-13,27H,14H2,1-2H3. The fourth-order valence-corrected chi connectivity index (χ4v) is 5.08. The van der Waals surface area contributed by atoms with Gasteiger partial charge in [0.05, 0.1) is 19.9 Å². The molecule has 0 aliphatic rings. The minimum atomic E-state index is -0.190. The van der Waals surface area contributed by atoms with E-state index in [9.17, 15) is 4.79 Å². The molecule has 166 valence electrons. The fraction of sp³-hybridized carbons (Fsp3) is 0.120. The monoisotopic (exact) mass is 477 g/mol. The number of H-pyrrole nitrogens is 1. The quantitative estimate of drug-likeness (QED) is 0.246. The fourth-order valence-electron chi connectivity index (χ4n) is 3.79. The Labute approximate surface area is 199 Å². The Morgan fingerprint density at radius 2 is 1.76 bits per heavy atom. The van der Waals surface area contributed by atoms with E-state index in [2.05, 4.69) is 4.98 Å². The molecule has 8 heteroatoms. The molecule has 0 aliphatic carbocycles. The van der Waals surface area contributed by atoms with E-state index in [0.29, 0.717) is 44.2 Å². The molecule has 2 aromatic heterocycles. The van der Waals surface area contributed by atoms with Crippen molar-refractivity contribution in [2.24, 2.45) is 0 Å². The Balaban J connectivity index is 1.73. The van der Waals surface area contributed by atoms with Crippen molar-refractivity contribution in [2.75, 3.05) is 14.2 Å². The van der Waals surface area contributed by atoms with Crippen LogP contribution >= 0.6 is 23.4 Å². The molecular weight excluding hydrogens is 458 g/mol. The predicted molar refractivity (Wildman–Crippen MR) is 133 cm³/mol. The normalized spacial score (nSPS) is 11.2. The molecule has 6 nitrogen and oxygen atoms in total. The summed E-state index contributed by atoms with van der Waals surface area (Å²) in [5, 5.41) is 2.14. The first-order valence-electron chi connectivity index (χ1n) is 10.2. The lowest BCUT2D eigenvalue weighted by molar-refractivity contribution is 0.354. The lowest BCUT2D eigenvalue weighted by Crippen LogP contribution is -2.22. The van der Waals surface area contributed by atoms with Gasteiger partial charge in [-0.05, 0) is 29.8 Å². The van der Waals surface area contributed by atoms with Gasteiger partial charge in [-0.15, -0.1) is 0 Å². The van der Waals surface area contributed by atoms with E-state index >= 15 is 0 Å². The SMILES string of the molecule is COc1ccc(-n2c(SCc3ccccc3Cl)nc3c([nH]c4ccccc43)c2=O)cc1OC. The van der Waals surface area contributed by atoms with Gasteiger partial charge in [0.15, 0.2) is 16.7 Å². The Morgan fingerprint density at radius 3 is 2.55 bits per heavy atom. The molecule has 0 saturated carbocycles. The maximum Gasteiger partial charge on any atom is 0.283 e. The molecule has 0 unspecified atom stereocenters. The maximum atomic E-state index is 13.7. The number of aromatic amines is 1. The highest BCUT2D eigenvalue weighted by Gasteiger charge is 2.19. The summed E-state index contributed by atoms with van der Waals surface area (Å²) in [6.45, 7) is 0. The van der Waals surface area contributed by atoms with Crippen molar-refractivity contribution in [3.8, 4) is 17.2 Å². The number of hydrogen-bond acceptors (Lipinski definition) is 5. The van der Waals surface area contributed by atoms with Crippen molar-refractivity contribution in [3.05, 3.63) is 87.7 Å². The molecule has 0 radical (unpaired) electrons. The van der Waals surface area contributed by atoms with Gasteiger partial charge in [-0.25, -0.2) is 4.98 Å². The van der Waals surface area contributed by atoms with Crippen LogP contribution in [0.2, 0.25) is 5.02 Å². The summed E-state index contributed by atoms with van der Waals surface area (Å²) in [7, 11) is 3.14. The van der Waals surface area contributed by atoms with Gasteiger partial charge < -0.3 is 14.5 Å². The highest BCUT2D eigenvalue weighted by molar-refractivity contribution is 7.98. The first kappa shape index (κ1) is 21.4. The summed E-state index contributed by atoms with van der Waals surface area (Å²) < 4.78 is 12.4. The van der Waals surface area contributed by atoms with E-state index in [0.717, 1.165) is 16.5 Å². The molecule has 0 spiro atoms. The van der Waals surface area contributed by atoms with E-state index in [4.69, 9.17) is 26.1 Å². The molecule has 0 atom stereocenters. The molecule has 5 rings (SSSR count). The van der Waals surface area contributed by atoms with E-state index in [-0.39, 0.29) is 5.56 Å². The van der Waals surface area contributed by atoms with Crippen molar-refractivity contribution in [3.63, 3.8) is 0 Å². The van der Waals surface area contributed by atoms with Gasteiger partial charge in [0.2, 0.25) is 0 Å². The van der Waals surface area contributed by atoms with Crippen molar-refractivity contribution in [1.29, 1.82) is 0 Å². The minimum Gasteiger partial charge on any atom is -0.493 e. The number of methoxy groups -OCH3 is 2. The predicted octanol–water partition coefficient (Wildman–Crippen LogP) is 5.83. The summed E-state index contributed by atoms with van der Waals surface area (Å²) in [5.74, 6) is 1.67. The van der Waals surface area contributed by atoms with Crippen molar-refractivity contribution >= 4 is 45.3 Å². The van der Waals surface area contributed by atoms with Crippen LogP contribution in [0.4, 0.5) is 0 Å². The number of nitrogens with zero attached hydrogens (tertiary/aromatic N) is 2.